The molecular formula is C60H106O5. The van der Waals surface area contributed by atoms with Gasteiger partial charge in [-0.3, -0.25) is 9.59 Å². The molecule has 65 heavy (non-hydrogen) atoms. The van der Waals surface area contributed by atoms with E-state index in [0.717, 1.165) is 70.6 Å². The zero-order valence-corrected chi connectivity index (χ0v) is 43.0. The van der Waals surface area contributed by atoms with Gasteiger partial charge >= 0.3 is 11.9 Å². The molecular weight excluding hydrogens is 801 g/mol. The van der Waals surface area contributed by atoms with Crippen molar-refractivity contribution in [3.05, 3.63) is 72.9 Å². The van der Waals surface area contributed by atoms with Gasteiger partial charge < -0.3 is 14.6 Å². The number of carbonyl (C=O) groups excluding carboxylic acids is 2. The minimum absolute atomic E-state index is 0.0670. The van der Waals surface area contributed by atoms with E-state index < -0.39 is 6.10 Å². The molecule has 0 saturated heterocycles. The van der Waals surface area contributed by atoms with Gasteiger partial charge in [-0.1, -0.05) is 254 Å². The molecule has 0 amide bonds. The van der Waals surface area contributed by atoms with Crippen molar-refractivity contribution in [2.45, 2.75) is 283 Å². The number of carbonyl (C=O) groups is 2. The lowest BCUT2D eigenvalue weighted by Crippen LogP contribution is -2.28. The van der Waals surface area contributed by atoms with Crippen molar-refractivity contribution in [1.82, 2.24) is 0 Å². The summed E-state index contributed by atoms with van der Waals surface area (Å²) in [5.41, 5.74) is 0. The van der Waals surface area contributed by atoms with Crippen LogP contribution in [0, 0.1) is 0 Å². The molecule has 5 nitrogen and oxygen atoms in total. The van der Waals surface area contributed by atoms with Gasteiger partial charge in [0.05, 0.1) is 6.61 Å². The summed E-state index contributed by atoms with van der Waals surface area (Å²) in [5, 5.41) is 9.64. The summed E-state index contributed by atoms with van der Waals surface area (Å²) in [7, 11) is 0. The molecule has 0 radical (unpaired) electrons. The Bertz CT molecular complexity index is 1160. The summed E-state index contributed by atoms with van der Waals surface area (Å²) in [4.78, 5) is 24.5. The minimum Gasteiger partial charge on any atom is -0.462 e. The highest BCUT2D eigenvalue weighted by atomic mass is 16.6. The first-order valence-corrected chi connectivity index (χ1v) is 28.0. The number of hydrogen-bond donors (Lipinski definition) is 1. The molecule has 1 unspecified atom stereocenters. The van der Waals surface area contributed by atoms with E-state index in [1.807, 2.05) is 0 Å². The van der Waals surface area contributed by atoms with Crippen molar-refractivity contribution in [2.24, 2.45) is 0 Å². The van der Waals surface area contributed by atoms with Crippen LogP contribution in [0.1, 0.15) is 277 Å². The molecule has 5 heteroatoms. The molecule has 0 aromatic heterocycles. The normalized spacial score (nSPS) is 12.7. The van der Waals surface area contributed by atoms with Gasteiger partial charge in [0.1, 0.15) is 6.61 Å². The number of aliphatic hydroxyl groups excluding tert-OH is 1. The molecule has 0 spiro atoms. The van der Waals surface area contributed by atoms with Crippen LogP contribution in [-0.2, 0) is 19.1 Å². The summed E-state index contributed by atoms with van der Waals surface area (Å²) < 4.78 is 10.7. The molecule has 0 fully saturated rings. The topological polar surface area (TPSA) is 72.8 Å². The number of hydrogen-bond acceptors (Lipinski definition) is 5. The van der Waals surface area contributed by atoms with E-state index in [1.165, 1.54) is 180 Å². The highest BCUT2D eigenvalue weighted by Crippen LogP contribution is 2.16. The Kier molecular flexibility index (Phi) is 53.4. The van der Waals surface area contributed by atoms with Gasteiger partial charge in [0, 0.05) is 12.8 Å². The molecule has 0 bridgehead atoms. The monoisotopic (exact) mass is 907 g/mol. The molecule has 376 valence electrons. The van der Waals surface area contributed by atoms with Gasteiger partial charge in [0.2, 0.25) is 0 Å². The van der Waals surface area contributed by atoms with Crippen LogP contribution in [-0.4, -0.2) is 36.4 Å². The fourth-order valence-electron chi connectivity index (χ4n) is 8.05. The fraction of sp³-hybridized carbons (Fsp3) is 0.767. The van der Waals surface area contributed by atoms with E-state index in [9.17, 15) is 14.7 Å². The summed E-state index contributed by atoms with van der Waals surface area (Å²) in [6, 6.07) is 0. The SMILES string of the molecule is CC/C=C\C/C=C\C/C=C\C/C=C\C/C=C\CCCCCCCCCCCCCCCCCCCC(=O)OC(CO)COC(=O)CCCCCCCCC/C=C\CCCCCCCCC. The van der Waals surface area contributed by atoms with Crippen LogP contribution in [0.4, 0.5) is 0 Å². The highest BCUT2D eigenvalue weighted by molar-refractivity contribution is 5.70. The number of esters is 2. The fourth-order valence-corrected chi connectivity index (χ4v) is 8.05. The maximum absolute atomic E-state index is 12.3. The van der Waals surface area contributed by atoms with Crippen molar-refractivity contribution in [3.63, 3.8) is 0 Å². The van der Waals surface area contributed by atoms with Crippen LogP contribution in [0.3, 0.4) is 0 Å². The van der Waals surface area contributed by atoms with Crippen molar-refractivity contribution < 1.29 is 24.2 Å². The summed E-state index contributed by atoms with van der Waals surface area (Å²) in [5.74, 6) is -0.587. The molecule has 1 N–H and O–H groups in total. The number of ether oxygens (including phenoxy) is 2. The molecule has 0 saturated carbocycles. The Labute approximate surface area is 403 Å². The van der Waals surface area contributed by atoms with Crippen LogP contribution in [0.2, 0.25) is 0 Å². The largest absolute Gasteiger partial charge is 0.462 e. The zero-order chi connectivity index (χ0) is 47.0. The number of rotatable bonds is 51. The van der Waals surface area contributed by atoms with Crippen LogP contribution in [0.25, 0.3) is 0 Å². The molecule has 0 heterocycles. The van der Waals surface area contributed by atoms with Crippen LogP contribution >= 0.6 is 0 Å². The van der Waals surface area contributed by atoms with E-state index in [4.69, 9.17) is 9.47 Å². The average Bonchev–Trinajstić information content (AvgIpc) is 3.31. The molecule has 1 atom stereocenters. The summed E-state index contributed by atoms with van der Waals surface area (Å²) >= 11 is 0. The number of aliphatic hydroxyl groups is 1. The number of allylic oxidation sites excluding steroid dienone is 12. The van der Waals surface area contributed by atoms with E-state index >= 15 is 0 Å². The number of unbranched alkanes of at least 4 members (excludes halogenated alkanes) is 31. The average molecular weight is 908 g/mol. The second-order valence-electron chi connectivity index (χ2n) is 18.6. The maximum atomic E-state index is 12.3. The lowest BCUT2D eigenvalue weighted by molar-refractivity contribution is -0.161. The zero-order valence-electron chi connectivity index (χ0n) is 43.0. The van der Waals surface area contributed by atoms with E-state index in [-0.39, 0.29) is 25.2 Å². The van der Waals surface area contributed by atoms with Crippen molar-refractivity contribution in [2.75, 3.05) is 13.2 Å². The van der Waals surface area contributed by atoms with E-state index in [1.54, 1.807) is 0 Å². The molecule has 0 aliphatic heterocycles. The lowest BCUT2D eigenvalue weighted by Gasteiger charge is -2.15. The maximum Gasteiger partial charge on any atom is 0.306 e. The smallest absolute Gasteiger partial charge is 0.306 e. The lowest BCUT2D eigenvalue weighted by atomic mass is 10.0. The molecule has 0 rings (SSSR count). The van der Waals surface area contributed by atoms with E-state index in [0.29, 0.717) is 12.8 Å². The summed E-state index contributed by atoms with van der Waals surface area (Å²) in [6.07, 6.45) is 75.9. The molecule has 0 aromatic carbocycles. The molecule has 0 aromatic rings. The van der Waals surface area contributed by atoms with Gasteiger partial charge in [-0.2, -0.15) is 0 Å². The standard InChI is InChI=1S/C60H106O5/c1-3-5-7-9-11-13-15-17-19-21-23-24-25-26-27-28-29-30-31-32-33-34-35-36-37-39-41-43-45-47-49-51-53-55-60(63)65-58(56-61)57-64-59(62)54-52-50-48-46-44-42-40-38-22-20-18-16-14-12-10-8-6-4-2/h5,7,11,13,17,19-20,22-24,26-27,58,61H,3-4,6,8-10,12,14-16,18,21,25,28-57H2,1-2H3/b7-5-,13-11-,19-17-,22-20-,24-23-,27-26-. The minimum atomic E-state index is -0.775. The van der Waals surface area contributed by atoms with E-state index in [2.05, 4.69) is 86.8 Å². The Morgan fingerprint density at radius 2 is 0.662 bits per heavy atom. The Morgan fingerprint density at radius 3 is 1.02 bits per heavy atom. The Hall–Kier alpha value is -2.66. The first-order chi connectivity index (χ1) is 32.1. The molecule has 0 aliphatic carbocycles. The van der Waals surface area contributed by atoms with Crippen molar-refractivity contribution in [3.8, 4) is 0 Å². The van der Waals surface area contributed by atoms with Gasteiger partial charge in [0.25, 0.3) is 0 Å². The molecule has 0 aliphatic rings. The van der Waals surface area contributed by atoms with Crippen LogP contribution in [0.15, 0.2) is 72.9 Å². The Morgan fingerprint density at radius 1 is 0.369 bits per heavy atom. The third kappa shape index (κ3) is 53.8. The summed E-state index contributed by atoms with van der Waals surface area (Å²) in [6.45, 7) is 4.04. The van der Waals surface area contributed by atoms with Gasteiger partial charge in [-0.25, -0.2) is 0 Å². The first-order valence-electron chi connectivity index (χ1n) is 28.0. The Balaban J connectivity index is 3.46. The van der Waals surface area contributed by atoms with Gasteiger partial charge in [0.15, 0.2) is 6.10 Å². The predicted octanol–water partition coefficient (Wildman–Crippen LogP) is 18.8. The second-order valence-corrected chi connectivity index (χ2v) is 18.6. The predicted molar refractivity (Wildman–Crippen MR) is 283 cm³/mol. The quantitative estimate of drug-likeness (QED) is 0.0374. The van der Waals surface area contributed by atoms with Crippen molar-refractivity contribution in [1.29, 1.82) is 0 Å². The third-order valence-corrected chi connectivity index (χ3v) is 12.2. The van der Waals surface area contributed by atoms with Crippen LogP contribution in [0.5, 0.6) is 0 Å². The third-order valence-electron chi connectivity index (χ3n) is 12.2. The highest BCUT2D eigenvalue weighted by Gasteiger charge is 2.16. The van der Waals surface area contributed by atoms with Crippen LogP contribution < -0.4 is 0 Å². The van der Waals surface area contributed by atoms with Gasteiger partial charge in [-0.05, 0) is 83.5 Å². The second kappa shape index (κ2) is 55.7. The first kappa shape index (κ1) is 62.3. The van der Waals surface area contributed by atoms with Gasteiger partial charge in [-0.15, -0.1) is 0 Å². The van der Waals surface area contributed by atoms with Crippen molar-refractivity contribution >= 4 is 11.9 Å².